The Balaban J connectivity index is 1.78. The van der Waals surface area contributed by atoms with Crippen LogP contribution in [0.2, 0.25) is 5.02 Å². The average molecular weight is 472 g/mol. The molecule has 1 N–H and O–H groups in total. The number of amides is 1. The summed E-state index contributed by atoms with van der Waals surface area (Å²) in [7, 11) is 0. The Morgan fingerprint density at radius 3 is 2.66 bits per heavy atom. The third-order valence-corrected chi connectivity index (χ3v) is 6.90. The number of phenolic OH excluding ortho intramolecular Hbond substituents is 1. The molecule has 0 atom stereocenters. The zero-order valence-electron chi connectivity index (χ0n) is 17.9. The minimum absolute atomic E-state index is 0.0484. The van der Waals surface area contributed by atoms with Gasteiger partial charge in [-0.15, -0.1) is 0 Å². The summed E-state index contributed by atoms with van der Waals surface area (Å²) in [6, 6.07) is 4.91. The molecule has 1 amide bonds. The Kier molecular flexibility index (Phi) is 6.22. The second-order valence-electron chi connectivity index (χ2n) is 7.67. The molecule has 0 aliphatic carbocycles. The number of piperazine rings is 1. The first-order valence-corrected chi connectivity index (χ1v) is 11.4. The van der Waals surface area contributed by atoms with Crippen molar-refractivity contribution in [1.82, 2.24) is 9.27 Å². The Morgan fingerprint density at radius 2 is 2.00 bits per heavy atom. The summed E-state index contributed by atoms with van der Waals surface area (Å²) in [6.07, 6.45) is 5.06. The number of aromatic hydroxyl groups is 1. The number of aryl methyl sites for hydroxylation is 1. The monoisotopic (exact) mass is 471 g/mol. The Bertz CT molecular complexity index is 1250. The van der Waals surface area contributed by atoms with Gasteiger partial charge in [0.05, 0.1) is 5.02 Å². The summed E-state index contributed by atoms with van der Waals surface area (Å²) in [5.74, 6) is -0.547. The lowest BCUT2D eigenvalue weighted by Gasteiger charge is -2.34. The smallest absolute Gasteiger partial charge is 0.246 e. The minimum Gasteiger partial charge on any atom is -0.508 e. The van der Waals surface area contributed by atoms with Gasteiger partial charge in [0.25, 0.3) is 0 Å². The molecule has 8 heteroatoms. The van der Waals surface area contributed by atoms with Gasteiger partial charge in [-0.3, -0.25) is 4.79 Å². The first kappa shape index (κ1) is 22.3. The molecule has 2 aromatic carbocycles. The predicted octanol–water partition coefficient (Wildman–Crippen LogP) is 5.64. The first-order valence-electron chi connectivity index (χ1n) is 10.3. The number of hydrogen-bond acceptors (Lipinski definition) is 5. The fourth-order valence-corrected chi connectivity index (χ4v) is 5.31. The number of anilines is 1. The molecule has 5 nitrogen and oxygen atoms in total. The standard InChI is InChI=1S/C24H23ClFN3O2S/c1-4-6-16-14(3)11-15(30)12-17(16)21-19(25)13-18-23(22(21)26)27-32-24(18)29-9-7-28(8-10-29)20(31)5-2/h4-6,11-13,30H,2,7-10H2,1,3H3/b6-4-. The molecular formula is C24H23ClFN3O2S. The Hall–Kier alpha value is -2.90. The molecule has 1 fully saturated rings. The van der Waals surface area contributed by atoms with Crippen LogP contribution in [0.1, 0.15) is 18.1 Å². The maximum atomic E-state index is 15.8. The van der Waals surface area contributed by atoms with Crippen molar-refractivity contribution in [2.75, 3.05) is 31.1 Å². The quantitative estimate of drug-likeness (QED) is 0.500. The zero-order valence-corrected chi connectivity index (χ0v) is 19.4. The third-order valence-electron chi connectivity index (χ3n) is 5.67. The molecule has 4 rings (SSSR count). The second-order valence-corrected chi connectivity index (χ2v) is 8.83. The largest absolute Gasteiger partial charge is 0.508 e. The van der Waals surface area contributed by atoms with Crippen LogP contribution in [0.3, 0.4) is 0 Å². The highest BCUT2D eigenvalue weighted by Crippen LogP contribution is 2.43. The number of phenols is 1. The molecule has 32 heavy (non-hydrogen) atoms. The van der Waals surface area contributed by atoms with Gasteiger partial charge >= 0.3 is 0 Å². The van der Waals surface area contributed by atoms with Crippen LogP contribution >= 0.6 is 23.1 Å². The van der Waals surface area contributed by atoms with Gasteiger partial charge in [0.15, 0.2) is 5.82 Å². The SMILES string of the molecule is C=CC(=O)N1CCN(c2snc3c(F)c(-c4cc(O)cc(C)c4/C=C\C)c(Cl)cc23)CC1. The lowest BCUT2D eigenvalue weighted by atomic mass is 9.94. The molecule has 0 unspecified atom stereocenters. The van der Waals surface area contributed by atoms with Gasteiger partial charge < -0.3 is 14.9 Å². The van der Waals surface area contributed by atoms with Gasteiger partial charge in [-0.25, -0.2) is 4.39 Å². The van der Waals surface area contributed by atoms with Crippen LogP contribution in [0.25, 0.3) is 28.1 Å². The number of rotatable bonds is 4. The van der Waals surface area contributed by atoms with Crippen molar-refractivity contribution in [3.05, 3.63) is 58.9 Å². The number of fused-ring (bicyclic) bond motifs is 1. The van der Waals surface area contributed by atoms with Gasteiger partial charge in [-0.2, -0.15) is 4.37 Å². The second kappa shape index (κ2) is 8.92. The van der Waals surface area contributed by atoms with E-state index in [2.05, 4.69) is 15.9 Å². The van der Waals surface area contributed by atoms with Crippen molar-refractivity contribution in [1.29, 1.82) is 0 Å². The molecule has 3 aromatic rings. The number of nitrogens with zero attached hydrogens (tertiary/aromatic N) is 3. The Labute approximate surface area is 195 Å². The van der Waals surface area contributed by atoms with Crippen LogP contribution in [0.5, 0.6) is 5.75 Å². The molecule has 0 bridgehead atoms. The molecular weight excluding hydrogens is 449 g/mol. The van der Waals surface area contributed by atoms with Crippen molar-refractivity contribution in [2.24, 2.45) is 0 Å². The summed E-state index contributed by atoms with van der Waals surface area (Å²) < 4.78 is 20.2. The van der Waals surface area contributed by atoms with Gasteiger partial charge in [0, 0.05) is 37.1 Å². The number of aromatic nitrogens is 1. The highest BCUT2D eigenvalue weighted by atomic mass is 35.5. The summed E-state index contributed by atoms with van der Waals surface area (Å²) in [6.45, 7) is 9.65. The van der Waals surface area contributed by atoms with E-state index in [0.717, 1.165) is 16.1 Å². The molecule has 1 aliphatic heterocycles. The minimum atomic E-state index is -0.508. The number of carbonyl (C=O) groups is 1. The van der Waals surface area contributed by atoms with E-state index in [1.54, 1.807) is 17.0 Å². The highest BCUT2D eigenvalue weighted by molar-refractivity contribution is 7.11. The molecule has 1 aliphatic rings. The fraction of sp³-hybridized carbons (Fsp3) is 0.250. The van der Waals surface area contributed by atoms with Gasteiger partial charge in [-0.05, 0) is 66.3 Å². The molecule has 0 radical (unpaired) electrons. The number of carbonyl (C=O) groups excluding carboxylic acids is 1. The van der Waals surface area contributed by atoms with Crippen LogP contribution in [0.4, 0.5) is 9.39 Å². The first-order chi connectivity index (χ1) is 15.3. The van der Waals surface area contributed by atoms with E-state index in [1.807, 2.05) is 26.0 Å². The van der Waals surface area contributed by atoms with E-state index < -0.39 is 5.82 Å². The summed E-state index contributed by atoms with van der Waals surface area (Å²) >= 11 is 7.84. The van der Waals surface area contributed by atoms with Crippen molar-refractivity contribution in [2.45, 2.75) is 13.8 Å². The molecule has 0 saturated carbocycles. The lowest BCUT2D eigenvalue weighted by molar-refractivity contribution is -0.126. The predicted molar refractivity (Wildman–Crippen MR) is 130 cm³/mol. The third kappa shape index (κ3) is 3.87. The maximum absolute atomic E-state index is 15.8. The van der Waals surface area contributed by atoms with Crippen LogP contribution in [0, 0.1) is 12.7 Å². The van der Waals surface area contributed by atoms with Crippen LogP contribution in [-0.4, -0.2) is 46.5 Å². The average Bonchev–Trinajstić information content (AvgIpc) is 3.19. The Morgan fingerprint density at radius 1 is 1.28 bits per heavy atom. The van der Waals surface area contributed by atoms with Gasteiger partial charge in [0.1, 0.15) is 16.3 Å². The van der Waals surface area contributed by atoms with Crippen molar-refractivity contribution < 1.29 is 14.3 Å². The number of benzene rings is 2. The summed E-state index contributed by atoms with van der Waals surface area (Å²) in [5, 5.41) is 11.9. The van der Waals surface area contributed by atoms with Crippen molar-refractivity contribution >= 4 is 51.0 Å². The van der Waals surface area contributed by atoms with Crippen LogP contribution in [-0.2, 0) is 4.79 Å². The fourth-order valence-electron chi connectivity index (χ4n) is 4.11. The zero-order chi connectivity index (χ0) is 23.0. The van der Waals surface area contributed by atoms with E-state index >= 15 is 4.39 Å². The topological polar surface area (TPSA) is 56.7 Å². The van der Waals surface area contributed by atoms with Crippen LogP contribution < -0.4 is 4.90 Å². The molecule has 2 heterocycles. The molecule has 1 saturated heterocycles. The van der Waals surface area contributed by atoms with E-state index in [1.165, 1.54) is 23.7 Å². The molecule has 0 spiro atoms. The molecule has 166 valence electrons. The number of allylic oxidation sites excluding steroid dienone is 1. The number of hydrogen-bond donors (Lipinski definition) is 1. The van der Waals surface area contributed by atoms with Gasteiger partial charge in [-0.1, -0.05) is 30.3 Å². The normalized spacial score (nSPS) is 14.5. The van der Waals surface area contributed by atoms with E-state index in [0.29, 0.717) is 37.1 Å². The summed E-state index contributed by atoms with van der Waals surface area (Å²) in [5.41, 5.74) is 2.62. The lowest BCUT2D eigenvalue weighted by Crippen LogP contribution is -2.48. The highest BCUT2D eigenvalue weighted by Gasteiger charge is 2.26. The van der Waals surface area contributed by atoms with Crippen molar-refractivity contribution in [3.8, 4) is 16.9 Å². The van der Waals surface area contributed by atoms with Crippen LogP contribution in [0.15, 0.2) is 36.9 Å². The maximum Gasteiger partial charge on any atom is 0.246 e. The summed E-state index contributed by atoms with van der Waals surface area (Å²) in [4.78, 5) is 15.7. The van der Waals surface area contributed by atoms with E-state index in [-0.39, 0.29) is 27.8 Å². The molecule has 1 aromatic heterocycles. The van der Waals surface area contributed by atoms with E-state index in [9.17, 15) is 9.90 Å². The number of halogens is 2. The van der Waals surface area contributed by atoms with Gasteiger partial charge in [0.2, 0.25) is 5.91 Å². The van der Waals surface area contributed by atoms with Crippen molar-refractivity contribution in [3.63, 3.8) is 0 Å². The van der Waals surface area contributed by atoms with E-state index in [4.69, 9.17) is 11.6 Å².